The molecule has 0 aliphatic rings. The van der Waals surface area contributed by atoms with Gasteiger partial charge in [-0.25, -0.2) is 8.42 Å². The summed E-state index contributed by atoms with van der Waals surface area (Å²) in [5.41, 5.74) is 3.04. The highest BCUT2D eigenvalue weighted by Crippen LogP contribution is 2.29. The number of nitrogens with zero attached hydrogens (tertiary/aromatic N) is 1. The zero-order chi connectivity index (χ0) is 25.2. The molecular weight excluding hydrogens is 538 g/mol. The summed E-state index contributed by atoms with van der Waals surface area (Å²) < 4.78 is 28.7. The third-order valence-electron chi connectivity index (χ3n) is 5.07. The van der Waals surface area contributed by atoms with Gasteiger partial charge in [0.1, 0.15) is 0 Å². The van der Waals surface area contributed by atoms with E-state index >= 15 is 0 Å². The molecule has 180 valence electrons. The second-order valence-electron chi connectivity index (χ2n) is 7.92. The number of hydrogen-bond donors (Lipinski definition) is 1. The summed E-state index contributed by atoms with van der Waals surface area (Å²) in [7, 11) is -4.06. The fourth-order valence-electron chi connectivity index (χ4n) is 3.71. The number of amides is 1. The molecule has 5 nitrogen and oxygen atoms in total. The number of carbonyl (C=O) groups excluding carboxylic acids is 1. The van der Waals surface area contributed by atoms with Gasteiger partial charge in [0.15, 0.2) is 0 Å². The summed E-state index contributed by atoms with van der Waals surface area (Å²) >= 11 is 24.2. The van der Waals surface area contributed by atoms with Crippen LogP contribution in [0.5, 0.6) is 0 Å². The van der Waals surface area contributed by atoms with Gasteiger partial charge in [0.05, 0.1) is 32.2 Å². The van der Waals surface area contributed by atoms with Crippen LogP contribution in [-0.2, 0) is 21.4 Å². The molecule has 0 aliphatic heterocycles. The van der Waals surface area contributed by atoms with Crippen molar-refractivity contribution in [1.29, 1.82) is 0 Å². The number of anilines is 1. The Labute approximate surface area is 219 Å². The van der Waals surface area contributed by atoms with Crippen molar-refractivity contribution in [3.8, 4) is 0 Å². The van der Waals surface area contributed by atoms with Crippen LogP contribution in [0.3, 0.4) is 0 Å². The zero-order valence-corrected chi connectivity index (χ0v) is 22.5. The van der Waals surface area contributed by atoms with Crippen LogP contribution >= 0.6 is 46.4 Å². The van der Waals surface area contributed by atoms with E-state index in [2.05, 4.69) is 5.32 Å². The fraction of sp³-hybridized carbons (Fsp3) is 0.208. The van der Waals surface area contributed by atoms with E-state index in [1.165, 1.54) is 6.07 Å². The molecule has 10 heteroatoms. The lowest BCUT2D eigenvalue weighted by Gasteiger charge is -2.24. The quantitative estimate of drug-likeness (QED) is 0.337. The second kappa shape index (κ2) is 10.9. The lowest BCUT2D eigenvalue weighted by atomic mass is 10.1. The molecular formula is C24H22Cl4N2O3S. The molecule has 0 spiro atoms. The van der Waals surface area contributed by atoms with Gasteiger partial charge in [0.2, 0.25) is 15.9 Å². The SMILES string of the molecule is Cc1cc(C)c(S(=O)(=O)N(CC(=O)Nc2ccc(Cl)cc2Cl)Cc2ccc(Cl)c(Cl)c2)c(C)c1. The van der Waals surface area contributed by atoms with Crippen molar-refractivity contribution in [2.24, 2.45) is 0 Å². The summed E-state index contributed by atoms with van der Waals surface area (Å²) in [5.74, 6) is -0.560. The van der Waals surface area contributed by atoms with E-state index < -0.39 is 22.5 Å². The first-order valence-corrected chi connectivity index (χ1v) is 13.1. The van der Waals surface area contributed by atoms with Gasteiger partial charge in [-0.15, -0.1) is 0 Å². The highest BCUT2D eigenvalue weighted by molar-refractivity contribution is 7.89. The number of sulfonamides is 1. The molecule has 0 saturated heterocycles. The molecule has 3 rings (SSSR count). The number of benzene rings is 3. The first-order valence-electron chi connectivity index (χ1n) is 10.2. The number of carbonyl (C=O) groups is 1. The molecule has 0 aliphatic carbocycles. The van der Waals surface area contributed by atoms with Crippen molar-refractivity contribution in [2.45, 2.75) is 32.2 Å². The van der Waals surface area contributed by atoms with E-state index in [4.69, 9.17) is 46.4 Å². The van der Waals surface area contributed by atoms with E-state index in [9.17, 15) is 13.2 Å². The average Bonchev–Trinajstić information content (AvgIpc) is 2.71. The molecule has 0 atom stereocenters. The van der Waals surface area contributed by atoms with Gasteiger partial charge in [0, 0.05) is 11.6 Å². The topological polar surface area (TPSA) is 66.5 Å². The Morgan fingerprint density at radius 3 is 2.09 bits per heavy atom. The Morgan fingerprint density at radius 2 is 1.50 bits per heavy atom. The van der Waals surface area contributed by atoms with Crippen molar-refractivity contribution in [3.63, 3.8) is 0 Å². The van der Waals surface area contributed by atoms with Crippen molar-refractivity contribution >= 4 is 68.0 Å². The largest absolute Gasteiger partial charge is 0.324 e. The lowest BCUT2D eigenvalue weighted by molar-refractivity contribution is -0.116. The summed E-state index contributed by atoms with van der Waals surface area (Å²) in [4.78, 5) is 13.1. The first-order chi connectivity index (χ1) is 15.9. The predicted octanol–water partition coefficient (Wildman–Crippen LogP) is 7.06. The van der Waals surface area contributed by atoms with Gasteiger partial charge in [-0.1, -0.05) is 70.2 Å². The molecule has 3 aromatic carbocycles. The smallest absolute Gasteiger partial charge is 0.244 e. The first kappa shape index (κ1) is 26.8. The minimum Gasteiger partial charge on any atom is -0.324 e. The highest BCUT2D eigenvalue weighted by atomic mass is 35.5. The number of aryl methyl sites for hydroxylation is 3. The number of hydrogen-bond acceptors (Lipinski definition) is 3. The fourth-order valence-corrected chi connectivity index (χ4v) is 6.28. The van der Waals surface area contributed by atoms with Gasteiger partial charge >= 0.3 is 0 Å². The van der Waals surface area contributed by atoms with Gasteiger partial charge in [-0.3, -0.25) is 4.79 Å². The van der Waals surface area contributed by atoms with Crippen LogP contribution in [0.1, 0.15) is 22.3 Å². The summed E-state index contributed by atoms with van der Waals surface area (Å²) in [6.07, 6.45) is 0. The predicted molar refractivity (Wildman–Crippen MR) is 140 cm³/mol. The molecule has 0 bridgehead atoms. The van der Waals surface area contributed by atoms with Crippen molar-refractivity contribution in [1.82, 2.24) is 4.31 Å². The van der Waals surface area contributed by atoms with E-state index in [1.807, 2.05) is 6.92 Å². The van der Waals surface area contributed by atoms with Gasteiger partial charge in [0.25, 0.3) is 0 Å². The maximum absolute atomic E-state index is 13.8. The third kappa shape index (κ3) is 6.25. The Kier molecular flexibility index (Phi) is 8.56. The van der Waals surface area contributed by atoms with Crippen LogP contribution in [0.4, 0.5) is 5.69 Å². The number of nitrogens with one attached hydrogen (secondary N) is 1. The highest BCUT2D eigenvalue weighted by Gasteiger charge is 2.30. The third-order valence-corrected chi connectivity index (χ3v) is 8.46. The average molecular weight is 560 g/mol. The summed E-state index contributed by atoms with van der Waals surface area (Å²) in [6, 6.07) is 13.0. The van der Waals surface area contributed by atoms with Gasteiger partial charge < -0.3 is 5.32 Å². The van der Waals surface area contributed by atoms with Crippen molar-refractivity contribution in [3.05, 3.63) is 90.9 Å². The monoisotopic (exact) mass is 558 g/mol. The maximum atomic E-state index is 13.8. The Bertz CT molecular complexity index is 1340. The van der Waals surface area contributed by atoms with Gasteiger partial charge in [-0.2, -0.15) is 4.31 Å². The zero-order valence-electron chi connectivity index (χ0n) is 18.6. The van der Waals surface area contributed by atoms with E-state index in [1.54, 1.807) is 56.3 Å². The lowest BCUT2D eigenvalue weighted by Crippen LogP contribution is -2.38. The van der Waals surface area contributed by atoms with Crippen molar-refractivity contribution < 1.29 is 13.2 Å². The molecule has 0 heterocycles. The Balaban J connectivity index is 1.99. The molecule has 0 unspecified atom stereocenters. The van der Waals surface area contributed by atoms with E-state index in [-0.39, 0.29) is 21.5 Å². The van der Waals surface area contributed by atoms with Crippen LogP contribution in [0.2, 0.25) is 20.1 Å². The number of halogens is 4. The minimum atomic E-state index is -4.06. The van der Waals surface area contributed by atoms with Crippen molar-refractivity contribution in [2.75, 3.05) is 11.9 Å². The van der Waals surface area contributed by atoms with E-state index in [0.29, 0.717) is 32.4 Å². The normalized spacial score (nSPS) is 11.6. The minimum absolute atomic E-state index is 0.0895. The van der Waals surface area contributed by atoms with Crippen LogP contribution in [0.25, 0.3) is 0 Å². The Morgan fingerprint density at radius 1 is 0.853 bits per heavy atom. The number of rotatable bonds is 7. The summed E-state index contributed by atoms with van der Waals surface area (Å²) in [6.45, 7) is 4.82. The molecule has 1 N–H and O–H groups in total. The standard InChI is InChI=1S/C24H22Cl4N2O3S/c1-14-8-15(2)24(16(3)9-14)34(32,33)30(12-17-4-6-19(26)20(27)10-17)13-23(31)29-22-7-5-18(25)11-21(22)28/h4-11H,12-13H2,1-3H3,(H,29,31). The van der Waals surface area contributed by atoms with Crippen LogP contribution in [0.15, 0.2) is 53.4 Å². The summed E-state index contributed by atoms with van der Waals surface area (Å²) in [5, 5.41) is 3.94. The molecule has 0 fully saturated rings. The second-order valence-corrected chi connectivity index (χ2v) is 11.5. The van der Waals surface area contributed by atoms with Gasteiger partial charge in [-0.05, 0) is 67.8 Å². The van der Waals surface area contributed by atoms with E-state index in [0.717, 1.165) is 9.87 Å². The Hall–Kier alpha value is -1.80. The van der Waals surface area contributed by atoms with Crippen LogP contribution < -0.4 is 5.32 Å². The molecule has 0 aromatic heterocycles. The molecule has 0 radical (unpaired) electrons. The van der Waals surface area contributed by atoms with Crippen LogP contribution in [0, 0.1) is 20.8 Å². The maximum Gasteiger partial charge on any atom is 0.244 e. The van der Waals surface area contributed by atoms with Crippen LogP contribution in [-0.4, -0.2) is 25.2 Å². The molecule has 0 saturated carbocycles. The molecule has 34 heavy (non-hydrogen) atoms. The molecule has 3 aromatic rings. The molecule has 1 amide bonds.